The molecule has 0 aromatic carbocycles. The van der Waals surface area contributed by atoms with Crippen molar-refractivity contribution in [1.82, 2.24) is 4.98 Å². The minimum Gasteiger partial charge on any atom is -0.478 e. The summed E-state index contributed by atoms with van der Waals surface area (Å²) in [5.41, 5.74) is 0.882. The molecule has 1 heterocycles. The number of aliphatic carboxylic acids is 1. The largest absolute Gasteiger partial charge is 0.478 e. The molecule has 1 aromatic heterocycles. The first kappa shape index (κ1) is 15.5. The Morgan fingerprint density at radius 3 is 2.81 bits per heavy atom. The standard InChI is InChI=1S/C17H24N2O2/c1-13(2)12-19(15-7-3-4-8-15)17-14(6-5-11-18-17)9-10-16(20)21/h5-6,9-11,13,15H,3-4,7-8,12H2,1-2H3,(H,20,21)/b10-9+. The van der Waals surface area contributed by atoms with E-state index in [0.29, 0.717) is 12.0 Å². The van der Waals surface area contributed by atoms with Crippen LogP contribution < -0.4 is 4.90 Å². The molecule has 1 fully saturated rings. The van der Waals surface area contributed by atoms with Crippen molar-refractivity contribution in [3.05, 3.63) is 30.0 Å². The first-order chi connectivity index (χ1) is 10.1. The van der Waals surface area contributed by atoms with Crippen LogP contribution in [0.4, 0.5) is 5.82 Å². The molecule has 2 rings (SSSR count). The minimum atomic E-state index is -0.930. The summed E-state index contributed by atoms with van der Waals surface area (Å²) >= 11 is 0. The van der Waals surface area contributed by atoms with Crippen LogP contribution in [0, 0.1) is 5.92 Å². The second-order valence-electron chi connectivity index (χ2n) is 6.07. The number of rotatable bonds is 6. The lowest BCUT2D eigenvalue weighted by molar-refractivity contribution is -0.131. The zero-order chi connectivity index (χ0) is 15.2. The summed E-state index contributed by atoms with van der Waals surface area (Å²) in [6, 6.07) is 4.32. The van der Waals surface area contributed by atoms with E-state index in [9.17, 15) is 4.79 Å². The molecule has 0 bridgehead atoms. The lowest BCUT2D eigenvalue weighted by Crippen LogP contribution is -2.37. The molecular weight excluding hydrogens is 264 g/mol. The fraction of sp³-hybridized carbons (Fsp3) is 0.529. The van der Waals surface area contributed by atoms with E-state index in [0.717, 1.165) is 17.9 Å². The van der Waals surface area contributed by atoms with Gasteiger partial charge in [-0.1, -0.05) is 26.7 Å². The summed E-state index contributed by atoms with van der Waals surface area (Å²) in [4.78, 5) is 17.7. The van der Waals surface area contributed by atoms with Gasteiger partial charge in [-0.15, -0.1) is 0 Å². The van der Waals surface area contributed by atoms with Gasteiger partial charge < -0.3 is 10.0 Å². The van der Waals surface area contributed by atoms with E-state index in [1.807, 2.05) is 12.1 Å². The molecular formula is C17H24N2O2. The van der Waals surface area contributed by atoms with Crippen molar-refractivity contribution in [2.24, 2.45) is 5.92 Å². The maximum atomic E-state index is 10.8. The lowest BCUT2D eigenvalue weighted by Gasteiger charge is -2.32. The van der Waals surface area contributed by atoms with Gasteiger partial charge in [0.15, 0.2) is 0 Å². The zero-order valence-electron chi connectivity index (χ0n) is 12.8. The van der Waals surface area contributed by atoms with Gasteiger partial charge in [-0.2, -0.15) is 0 Å². The molecule has 0 radical (unpaired) electrons. The molecule has 1 saturated carbocycles. The summed E-state index contributed by atoms with van der Waals surface area (Å²) in [6.07, 6.45) is 9.56. The minimum absolute atomic E-state index is 0.527. The highest BCUT2D eigenvalue weighted by Crippen LogP contribution is 2.30. The molecule has 0 unspecified atom stereocenters. The molecule has 1 aromatic rings. The predicted molar refractivity (Wildman–Crippen MR) is 85.3 cm³/mol. The van der Waals surface area contributed by atoms with Crippen LogP contribution in [0.25, 0.3) is 6.08 Å². The molecule has 0 saturated heterocycles. The van der Waals surface area contributed by atoms with Crippen LogP contribution in [0.3, 0.4) is 0 Å². The maximum absolute atomic E-state index is 10.8. The molecule has 1 aliphatic carbocycles. The van der Waals surface area contributed by atoms with Crippen LogP contribution in [-0.2, 0) is 4.79 Å². The van der Waals surface area contributed by atoms with Crippen molar-refractivity contribution in [3.63, 3.8) is 0 Å². The molecule has 114 valence electrons. The number of nitrogens with zero attached hydrogens (tertiary/aromatic N) is 2. The summed E-state index contributed by atoms with van der Waals surface area (Å²) in [5.74, 6) is 0.528. The fourth-order valence-corrected chi connectivity index (χ4v) is 2.96. The highest BCUT2D eigenvalue weighted by atomic mass is 16.4. The maximum Gasteiger partial charge on any atom is 0.328 e. The summed E-state index contributed by atoms with van der Waals surface area (Å²) in [7, 11) is 0. The van der Waals surface area contributed by atoms with E-state index in [-0.39, 0.29) is 0 Å². The van der Waals surface area contributed by atoms with Crippen LogP contribution in [0.5, 0.6) is 0 Å². The van der Waals surface area contributed by atoms with Gasteiger partial charge in [0.05, 0.1) is 0 Å². The van der Waals surface area contributed by atoms with Crippen molar-refractivity contribution in [2.75, 3.05) is 11.4 Å². The van der Waals surface area contributed by atoms with Crippen molar-refractivity contribution >= 4 is 17.9 Å². The monoisotopic (exact) mass is 288 g/mol. The number of aromatic nitrogens is 1. The summed E-state index contributed by atoms with van der Waals surface area (Å²) in [6.45, 7) is 5.37. The van der Waals surface area contributed by atoms with Crippen molar-refractivity contribution < 1.29 is 9.90 Å². The molecule has 4 nitrogen and oxygen atoms in total. The number of hydrogen-bond acceptors (Lipinski definition) is 3. The Bertz CT molecular complexity index is 505. The van der Waals surface area contributed by atoms with Crippen LogP contribution in [-0.4, -0.2) is 28.6 Å². The molecule has 1 aliphatic rings. The number of carbonyl (C=O) groups is 1. The van der Waals surface area contributed by atoms with E-state index >= 15 is 0 Å². The van der Waals surface area contributed by atoms with Gasteiger partial charge in [0.1, 0.15) is 5.82 Å². The van der Waals surface area contributed by atoms with Crippen molar-refractivity contribution in [3.8, 4) is 0 Å². The molecule has 0 atom stereocenters. The van der Waals surface area contributed by atoms with Gasteiger partial charge in [-0.3, -0.25) is 0 Å². The normalized spacial score (nSPS) is 16.0. The Morgan fingerprint density at radius 2 is 2.19 bits per heavy atom. The van der Waals surface area contributed by atoms with E-state index in [2.05, 4.69) is 23.7 Å². The predicted octanol–water partition coefficient (Wildman–Crippen LogP) is 3.58. The average molecular weight is 288 g/mol. The first-order valence-electron chi connectivity index (χ1n) is 7.70. The summed E-state index contributed by atoms with van der Waals surface area (Å²) < 4.78 is 0. The van der Waals surface area contributed by atoms with Gasteiger partial charge in [0.2, 0.25) is 0 Å². The van der Waals surface area contributed by atoms with Crippen LogP contribution in [0.2, 0.25) is 0 Å². The van der Waals surface area contributed by atoms with Crippen molar-refractivity contribution in [1.29, 1.82) is 0 Å². The van der Waals surface area contributed by atoms with Gasteiger partial charge in [0.25, 0.3) is 0 Å². The second-order valence-corrected chi connectivity index (χ2v) is 6.07. The quantitative estimate of drug-likeness (QED) is 0.813. The van der Waals surface area contributed by atoms with E-state index in [4.69, 9.17) is 5.11 Å². The smallest absolute Gasteiger partial charge is 0.328 e. The number of carboxylic acid groups (broad SMARTS) is 1. The second kappa shape index (κ2) is 7.25. The average Bonchev–Trinajstić information content (AvgIpc) is 2.96. The molecule has 0 spiro atoms. The third kappa shape index (κ3) is 4.31. The highest BCUT2D eigenvalue weighted by molar-refractivity contribution is 5.86. The Morgan fingerprint density at radius 1 is 1.48 bits per heavy atom. The zero-order valence-corrected chi connectivity index (χ0v) is 12.8. The Kier molecular flexibility index (Phi) is 5.37. The number of pyridine rings is 1. The van der Waals surface area contributed by atoms with E-state index < -0.39 is 5.97 Å². The Labute approximate surface area is 126 Å². The van der Waals surface area contributed by atoms with E-state index in [1.54, 1.807) is 12.3 Å². The molecule has 4 heteroatoms. The van der Waals surface area contributed by atoms with Crippen LogP contribution in [0.1, 0.15) is 45.1 Å². The summed E-state index contributed by atoms with van der Waals surface area (Å²) in [5, 5.41) is 8.84. The van der Waals surface area contributed by atoms with Crippen LogP contribution in [0.15, 0.2) is 24.4 Å². The number of carboxylic acids is 1. The third-order valence-electron chi connectivity index (χ3n) is 3.82. The molecule has 0 amide bonds. The topological polar surface area (TPSA) is 53.4 Å². The SMILES string of the molecule is CC(C)CN(c1ncccc1/C=C/C(=O)O)C1CCCC1. The first-order valence-corrected chi connectivity index (χ1v) is 7.70. The fourth-order valence-electron chi connectivity index (χ4n) is 2.96. The van der Waals surface area contributed by atoms with E-state index in [1.165, 1.54) is 31.8 Å². The van der Waals surface area contributed by atoms with Gasteiger partial charge >= 0.3 is 5.97 Å². The van der Waals surface area contributed by atoms with Gasteiger partial charge in [-0.25, -0.2) is 9.78 Å². The molecule has 0 aliphatic heterocycles. The van der Waals surface area contributed by atoms with Crippen molar-refractivity contribution in [2.45, 2.75) is 45.6 Å². The Hall–Kier alpha value is -1.84. The third-order valence-corrected chi connectivity index (χ3v) is 3.82. The molecule has 1 N–H and O–H groups in total. The highest BCUT2D eigenvalue weighted by Gasteiger charge is 2.25. The van der Waals surface area contributed by atoms with Gasteiger partial charge in [0, 0.05) is 30.4 Å². The van der Waals surface area contributed by atoms with Crippen LogP contribution >= 0.6 is 0 Å². The number of hydrogen-bond donors (Lipinski definition) is 1. The number of anilines is 1. The Balaban J connectivity index is 2.32. The molecule has 21 heavy (non-hydrogen) atoms. The lowest BCUT2D eigenvalue weighted by atomic mass is 10.1. The van der Waals surface area contributed by atoms with Gasteiger partial charge in [-0.05, 0) is 37.0 Å².